The van der Waals surface area contributed by atoms with E-state index in [1.54, 1.807) is 4.68 Å². The molecule has 0 aliphatic carbocycles. The number of rotatable bonds is 5. The van der Waals surface area contributed by atoms with Gasteiger partial charge in [0, 0.05) is 11.8 Å². The molecule has 0 radical (unpaired) electrons. The molecule has 0 amide bonds. The zero-order valence-corrected chi connectivity index (χ0v) is 15.1. The summed E-state index contributed by atoms with van der Waals surface area (Å²) in [7, 11) is 0. The number of benzene rings is 2. The van der Waals surface area contributed by atoms with Crippen LogP contribution in [-0.2, 0) is 6.54 Å². The fraction of sp³-hybridized carbons (Fsp3) is 0.100. The van der Waals surface area contributed by atoms with Gasteiger partial charge >= 0.3 is 0 Å². The zero-order chi connectivity index (χ0) is 18.6. The van der Waals surface area contributed by atoms with Crippen LogP contribution in [0.15, 0.2) is 71.3 Å². The van der Waals surface area contributed by atoms with Gasteiger partial charge in [0.1, 0.15) is 5.69 Å². The van der Waals surface area contributed by atoms with Crippen LogP contribution in [0.1, 0.15) is 6.42 Å². The molecule has 0 spiro atoms. The molecule has 0 fully saturated rings. The maximum atomic E-state index is 8.80. The van der Waals surface area contributed by atoms with E-state index in [1.807, 2.05) is 66.9 Å². The molecule has 2 aromatic heterocycles. The van der Waals surface area contributed by atoms with Gasteiger partial charge in [-0.25, -0.2) is 9.36 Å². The fourth-order valence-electron chi connectivity index (χ4n) is 2.76. The van der Waals surface area contributed by atoms with E-state index in [0.717, 1.165) is 22.5 Å². The highest BCUT2D eigenvalue weighted by Gasteiger charge is 2.19. The van der Waals surface area contributed by atoms with E-state index in [-0.39, 0.29) is 4.84 Å². The molecule has 0 saturated heterocycles. The molecule has 0 bridgehead atoms. The van der Waals surface area contributed by atoms with Gasteiger partial charge in [-0.2, -0.15) is 10.4 Å². The quantitative estimate of drug-likeness (QED) is 0.477. The van der Waals surface area contributed by atoms with E-state index in [4.69, 9.17) is 27.0 Å². The van der Waals surface area contributed by atoms with Gasteiger partial charge in [-0.1, -0.05) is 48.5 Å². The predicted octanol–water partition coefficient (Wildman–Crippen LogP) is 4.64. The van der Waals surface area contributed by atoms with Crippen LogP contribution < -0.4 is 0 Å². The third-order valence-electron chi connectivity index (χ3n) is 4.05. The van der Waals surface area contributed by atoms with Gasteiger partial charge in [0.2, 0.25) is 0 Å². The summed E-state index contributed by atoms with van der Waals surface area (Å²) in [6, 6.07) is 21.8. The average molecular weight is 373 g/mol. The Morgan fingerprint density at radius 1 is 1.00 bits per heavy atom. The molecule has 0 saturated carbocycles. The van der Waals surface area contributed by atoms with Crippen LogP contribution in [0.2, 0.25) is 0 Å². The Labute approximate surface area is 160 Å². The van der Waals surface area contributed by atoms with E-state index < -0.39 is 0 Å². The van der Waals surface area contributed by atoms with Crippen molar-refractivity contribution in [3.8, 4) is 34.5 Å². The molecule has 2 heterocycles. The Balaban J connectivity index is 1.85. The molecule has 0 atom stereocenters. The van der Waals surface area contributed by atoms with E-state index in [0.29, 0.717) is 18.9 Å². The first kappa shape index (κ1) is 16.9. The van der Waals surface area contributed by atoms with Gasteiger partial charge in [-0.15, -0.1) is 5.10 Å². The SMILES string of the molecule is N#CCCn1nc(-c2cn(-c3ccccc3)nc2-c2ccccc2)oc1=S. The van der Waals surface area contributed by atoms with Gasteiger partial charge in [0.15, 0.2) is 0 Å². The van der Waals surface area contributed by atoms with Crippen molar-refractivity contribution < 1.29 is 4.42 Å². The number of hydrogen-bond donors (Lipinski definition) is 0. The number of nitrogens with zero attached hydrogens (tertiary/aromatic N) is 5. The number of hydrogen-bond acceptors (Lipinski definition) is 5. The Bertz CT molecular complexity index is 1150. The molecule has 0 aliphatic rings. The summed E-state index contributed by atoms with van der Waals surface area (Å²) in [6.07, 6.45) is 2.20. The molecule has 4 aromatic rings. The van der Waals surface area contributed by atoms with Crippen molar-refractivity contribution in [2.45, 2.75) is 13.0 Å². The largest absolute Gasteiger partial charge is 0.409 e. The molecule has 7 heteroatoms. The maximum Gasteiger partial charge on any atom is 0.287 e. The third kappa shape index (κ3) is 3.43. The van der Waals surface area contributed by atoms with E-state index in [2.05, 4.69) is 11.2 Å². The van der Waals surface area contributed by atoms with Crippen molar-refractivity contribution in [2.24, 2.45) is 0 Å². The lowest BCUT2D eigenvalue weighted by Gasteiger charge is -2.00. The van der Waals surface area contributed by atoms with Gasteiger partial charge in [-0.3, -0.25) is 0 Å². The first-order chi connectivity index (χ1) is 13.3. The predicted molar refractivity (Wildman–Crippen MR) is 104 cm³/mol. The van der Waals surface area contributed by atoms with Crippen molar-refractivity contribution >= 4 is 12.2 Å². The minimum atomic E-state index is 0.242. The minimum absolute atomic E-state index is 0.242. The number of aryl methyl sites for hydroxylation is 1. The van der Waals surface area contributed by atoms with Gasteiger partial charge in [0.05, 0.1) is 30.3 Å². The summed E-state index contributed by atoms with van der Waals surface area (Å²) in [5.74, 6) is 0.388. The Morgan fingerprint density at radius 3 is 2.41 bits per heavy atom. The van der Waals surface area contributed by atoms with E-state index in [1.165, 1.54) is 4.68 Å². The Hall–Kier alpha value is -3.50. The van der Waals surface area contributed by atoms with Gasteiger partial charge in [0.25, 0.3) is 10.7 Å². The molecular formula is C20H15N5OS. The highest BCUT2D eigenvalue weighted by atomic mass is 32.1. The second kappa shape index (κ2) is 7.40. The highest BCUT2D eigenvalue weighted by molar-refractivity contribution is 7.71. The van der Waals surface area contributed by atoms with E-state index in [9.17, 15) is 0 Å². The van der Waals surface area contributed by atoms with Gasteiger partial charge < -0.3 is 4.42 Å². The number of nitriles is 1. The lowest BCUT2D eigenvalue weighted by molar-refractivity contribution is 0.514. The van der Waals surface area contributed by atoms with E-state index >= 15 is 0 Å². The van der Waals surface area contributed by atoms with Crippen LogP contribution in [-0.4, -0.2) is 19.6 Å². The summed E-state index contributed by atoms with van der Waals surface area (Å²) in [6.45, 7) is 0.395. The second-order valence-electron chi connectivity index (χ2n) is 5.84. The zero-order valence-electron chi connectivity index (χ0n) is 14.3. The van der Waals surface area contributed by atoms with Gasteiger partial charge in [-0.05, 0) is 24.4 Å². The fourth-order valence-corrected chi connectivity index (χ4v) is 2.98. The number of para-hydroxylation sites is 1. The Kier molecular flexibility index (Phi) is 4.64. The first-order valence-electron chi connectivity index (χ1n) is 8.42. The summed E-state index contributed by atoms with van der Waals surface area (Å²) < 4.78 is 9.04. The molecule has 6 nitrogen and oxygen atoms in total. The molecule has 132 valence electrons. The maximum absolute atomic E-state index is 8.80. The summed E-state index contributed by atoms with van der Waals surface area (Å²) in [5.41, 5.74) is 3.38. The molecule has 0 aliphatic heterocycles. The standard InChI is InChI=1S/C20H15N5OS/c21-12-7-13-24-20(27)26-19(23-24)17-14-25(16-10-5-2-6-11-16)22-18(17)15-8-3-1-4-9-15/h1-6,8-11,14H,7,13H2. The molecule has 4 rings (SSSR count). The van der Waals surface area contributed by atoms with Crippen LogP contribution in [0.4, 0.5) is 0 Å². The Morgan fingerprint density at radius 2 is 1.70 bits per heavy atom. The number of aromatic nitrogens is 4. The highest BCUT2D eigenvalue weighted by Crippen LogP contribution is 2.31. The summed E-state index contributed by atoms with van der Waals surface area (Å²) in [5, 5.41) is 18.0. The van der Waals surface area contributed by atoms with Crippen LogP contribution >= 0.6 is 12.2 Å². The lowest BCUT2D eigenvalue weighted by atomic mass is 10.1. The van der Waals surface area contributed by atoms with Crippen molar-refractivity contribution in [1.82, 2.24) is 19.6 Å². The monoisotopic (exact) mass is 373 g/mol. The molecular weight excluding hydrogens is 358 g/mol. The summed E-state index contributed by atoms with van der Waals surface area (Å²) in [4.78, 5) is 0.242. The second-order valence-corrected chi connectivity index (χ2v) is 6.19. The molecule has 0 N–H and O–H groups in total. The molecule has 2 aromatic carbocycles. The van der Waals surface area contributed by atoms with Crippen LogP contribution in [0, 0.1) is 16.2 Å². The van der Waals surface area contributed by atoms with Crippen LogP contribution in [0.3, 0.4) is 0 Å². The van der Waals surface area contributed by atoms with Crippen LogP contribution in [0.25, 0.3) is 28.4 Å². The lowest BCUT2D eigenvalue weighted by Crippen LogP contribution is -1.99. The van der Waals surface area contributed by atoms with Crippen LogP contribution in [0.5, 0.6) is 0 Å². The van der Waals surface area contributed by atoms with Crippen molar-refractivity contribution in [3.63, 3.8) is 0 Å². The minimum Gasteiger partial charge on any atom is -0.409 e. The smallest absolute Gasteiger partial charge is 0.287 e. The van der Waals surface area contributed by atoms with Crippen molar-refractivity contribution in [3.05, 3.63) is 71.7 Å². The molecule has 0 unspecified atom stereocenters. The average Bonchev–Trinajstić information content (AvgIpc) is 3.32. The first-order valence-corrected chi connectivity index (χ1v) is 8.83. The third-order valence-corrected chi connectivity index (χ3v) is 4.35. The normalized spacial score (nSPS) is 10.6. The van der Waals surface area contributed by atoms with Crippen molar-refractivity contribution in [1.29, 1.82) is 5.26 Å². The molecule has 27 heavy (non-hydrogen) atoms. The summed E-state index contributed by atoms with van der Waals surface area (Å²) >= 11 is 5.24. The topological polar surface area (TPSA) is 72.6 Å². The van der Waals surface area contributed by atoms with Crippen molar-refractivity contribution in [2.75, 3.05) is 0 Å².